The third kappa shape index (κ3) is 4.69. The van der Waals surface area contributed by atoms with Gasteiger partial charge in [0, 0.05) is 35.5 Å². The average Bonchev–Trinajstić information content (AvgIpc) is 3.57. The number of nitrogen functional groups attached to an aromatic ring is 1. The predicted molar refractivity (Wildman–Crippen MR) is 131 cm³/mol. The van der Waals surface area contributed by atoms with Gasteiger partial charge in [-0.2, -0.15) is 10.4 Å². The number of nitrogens with two attached hydrogens (primary N) is 1. The van der Waals surface area contributed by atoms with Crippen LogP contribution in [-0.2, 0) is 17.7 Å². The van der Waals surface area contributed by atoms with E-state index in [-0.39, 0.29) is 5.82 Å². The molecule has 11 heteroatoms. The molecule has 5 heterocycles. The smallest absolute Gasteiger partial charge is 0.163 e. The van der Waals surface area contributed by atoms with E-state index in [4.69, 9.17) is 20.4 Å². The highest BCUT2D eigenvalue weighted by Gasteiger charge is 2.18. The fourth-order valence-electron chi connectivity index (χ4n) is 3.93. The Morgan fingerprint density at radius 3 is 2.94 bits per heavy atom. The molecule has 170 valence electrons. The number of hydrogen-bond acceptors (Lipinski definition) is 10. The lowest BCUT2D eigenvalue weighted by atomic mass is 10.1. The zero-order valence-corrected chi connectivity index (χ0v) is 19.6. The van der Waals surface area contributed by atoms with Gasteiger partial charge in [-0.05, 0) is 24.3 Å². The summed E-state index contributed by atoms with van der Waals surface area (Å²) in [7, 11) is 0. The number of morpholine rings is 1. The molecule has 4 aromatic rings. The van der Waals surface area contributed by atoms with Crippen LogP contribution in [0.3, 0.4) is 0 Å². The van der Waals surface area contributed by atoms with Crippen LogP contribution in [0.2, 0.25) is 0 Å². The second kappa shape index (κ2) is 9.84. The summed E-state index contributed by atoms with van der Waals surface area (Å²) >= 11 is 3.37. The molecule has 4 aromatic heterocycles. The van der Waals surface area contributed by atoms with Crippen molar-refractivity contribution in [1.82, 2.24) is 25.1 Å². The first-order valence-electron chi connectivity index (χ1n) is 10.8. The number of ether oxygens (including phenoxy) is 1. The Kier molecular flexibility index (Phi) is 6.50. The van der Waals surface area contributed by atoms with Gasteiger partial charge in [-0.25, -0.2) is 9.97 Å². The van der Waals surface area contributed by atoms with Gasteiger partial charge in [-0.15, -0.1) is 22.7 Å². The monoisotopic (exact) mass is 480 g/mol. The Labute approximate surface area is 199 Å². The molecule has 0 unspecified atom stereocenters. The van der Waals surface area contributed by atoms with Crippen LogP contribution < -0.4 is 11.1 Å². The molecule has 1 aliphatic heterocycles. The van der Waals surface area contributed by atoms with Gasteiger partial charge in [0.15, 0.2) is 5.82 Å². The topological polar surface area (TPSA) is 129 Å². The number of aromatic amines is 1. The summed E-state index contributed by atoms with van der Waals surface area (Å²) in [5.74, 6) is 1.93. The maximum absolute atomic E-state index is 9.27. The number of nitrogens with zero attached hydrogens (tertiary/aromatic N) is 5. The number of fused-ring (bicyclic) bond motifs is 1. The summed E-state index contributed by atoms with van der Waals surface area (Å²) in [6.07, 6.45) is 1.48. The second-order valence-corrected chi connectivity index (χ2v) is 9.59. The molecule has 0 radical (unpaired) electrons. The van der Waals surface area contributed by atoms with Crippen molar-refractivity contribution in [3.05, 3.63) is 40.0 Å². The van der Waals surface area contributed by atoms with Crippen molar-refractivity contribution >= 4 is 44.5 Å². The van der Waals surface area contributed by atoms with Gasteiger partial charge in [0.25, 0.3) is 0 Å². The van der Waals surface area contributed by atoms with Crippen molar-refractivity contribution in [3.63, 3.8) is 0 Å². The molecular formula is C22H24N8OS2. The van der Waals surface area contributed by atoms with E-state index in [1.165, 1.54) is 10.4 Å². The Morgan fingerprint density at radius 1 is 1.27 bits per heavy atom. The van der Waals surface area contributed by atoms with Gasteiger partial charge >= 0.3 is 0 Å². The second-order valence-electron chi connectivity index (χ2n) is 7.79. The molecule has 1 aliphatic rings. The van der Waals surface area contributed by atoms with E-state index in [1.807, 2.05) is 0 Å². The van der Waals surface area contributed by atoms with Crippen LogP contribution in [0.4, 0.5) is 11.6 Å². The third-order valence-electron chi connectivity index (χ3n) is 5.61. The number of H-pyrrole nitrogens is 1. The molecular weight excluding hydrogens is 456 g/mol. The van der Waals surface area contributed by atoms with Crippen molar-refractivity contribution in [1.29, 1.82) is 5.26 Å². The standard InChI is InChI=1S/C22H24N8OS2/c23-11-14-16(28-29-20(14)24)3-1-5-25-21-19-15(17-4-2-10-32-17)13-33-22(19)27-18(26-21)12-30-6-8-31-9-7-30/h2,4,10,13H,1,3,5-9,12H2,(H3,24,28,29)(H,25,26,27). The number of aromatic nitrogens is 4. The van der Waals surface area contributed by atoms with E-state index in [2.05, 4.69) is 49.4 Å². The minimum Gasteiger partial charge on any atom is -0.381 e. The van der Waals surface area contributed by atoms with E-state index in [0.717, 1.165) is 60.3 Å². The van der Waals surface area contributed by atoms with Crippen molar-refractivity contribution in [2.24, 2.45) is 0 Å². The number of thiophene rings is 2. The SMILES string of the molecule is N#Cc1c(N)n[nH]c1CCCNc1nc(CN2CCOCC2)nc2scc(-c3cccs3)c12. The van der Waals surface area contributed by atoms with Crippen LogP contribution >= 0.6 is 22.7 Å². The highest BCUT2D eigenvalue weighted by Crippen LogP contribution is 2.39. The average molecular weight is 481 g/mol. The summed E-state index contributed by atoms with van der Waals surface area (Å²) in [5, 5.41) is 24.9. The van der Waals surface area contributed by atoms with Gasteiger partial charge in [-0.1, -0.05) is 6.07 Å². The lowest BCUT2D eigenvalue weighted by molar-refractivity contribution is 0.0331. The van der Waals surface area contributed by atoms with Crippen molar-refractivity contribution in [3.8, 4) is 16.5 Å². The van der Waals surface area contributed by atoms with Crippen LogP contribution in [0, 0.1) is 11.3 Å². The fourth-order valence-corrected chi connectivity index (χ4v) is 5.71. The van der Waals surface area contributed by atoms with E-state index in [0.29, 0.717) is 25.1 Å². The van der Waals surface area contributed by atoms with Gasteiger partial charge in [0.2, 0.25) is 0 Å². The Hall–Kier alpha value is -3.04. The highest BCUT2D eigenvalue weighted by atomic mass is 32.1. The molecule has 0 spiro atoms. The molecule has 9 nitrogen and oxygen atoms in total. The first-order valence-corrected chi connectivity index (χ1v) is 12.6. The molecule has 0 amide bonds. The van der Waals surface area contributed by atoms with Crippen molar-refractivity contribution in [2.75, 3.05) is 43.9 Å². The van der Waals surface area contributed by atoms with Crippen LogP contribution in [0.5, 0.6) is 0 Å². The minimum atomic E-state index is 0.254. The number of hydrogen-bond donors (Lipinski definition) is 3. The van der Waals surface area contributed by atoms with E-state index < -0.39 is 0 Å². The number of aryl methyl sites for hydroxylation is 1. The van der Waals surface area contributed by atoms with E-state index in [1.54, 1.807) is 22.7 Å². The Morgan fingerprint density at radius 2 is 2.15 bits per heavy atom. The van der Waals surface area contributed by atoms with Gasteiger partial charge < -0.3 is 15.8 Å². The first-order chi connectivity index (χ1) is 16.2. The quantitative estimate of drug-likeness (QED) is 0.327. The molecule has 0 aliphatic carbocycles. The summed E-state index contributed by atoms with van der Waals surface area (Å²) in [6, 6.07) is 6.31. The maximum atomic E-state index is 9.27. The zero-order chi connectivity index (χ0) is 22.6. The maximum Gasteiger partial charge on any atom is 0.163 e. The summed E-state index contributed by atoms with van der Waals surface area (Å²) in [6.45, 7) is 4.69. The molecule has 0 atom stereocenters. The molecule has 1 saturated heterocycles. The van der Waals surface area contributed by atoms with E-state index >= 15 is 0 Å². The number of nitrogens with one attached hydrogen (secondary N) is 2. The zero-order valence-electron chi connectivity index (χ0n) is 18.0. The highest BCUT2D eigenvalue weighted by molar-refractivity contribution is 7.18. The molecule has 0 saturated carbocycles. The molecule has 0 bridgehead atoms. The van der Waals surface area contributed by atoms with Crippen LogP contribution in [0.1, 0.15) is 23.5 Å². The lowest BCUT2D eigenvalue weighted by Crippen LogP contribution is -2.36. The van der Waals surface area contributed by atoms with Crippen LogP contribution in [0.25, 0.3) is 20.7 Å². The number of rotatable bonds is 8. The first kappa shape index (κ1) is 21.8. The van der Waals surface area contributed by atoms with Crippen LogP contribution in [-0.4, -0.2) is 57.9 Å². The third-order valence-corrected chi connectivity index (χ3v) is 7.39. The molecule has 1 fully saturated rings. The van der Waals surface area contributed by atoms with Crippen LogP contribution in [0.15, 0.2) is 22.9 Å². The van der Waals surface area contributed by atoms with Crippen molar-refractivity contribution in [2.45, 2.75) is 19.4 Å². The molecule has 5 rings (SSSR count). The van der Waals surface area contributed by atoms with Gasteiger partial charge in [0.1, 0.15) is 28.1 Å². The Balaban J connectivity index is 1.38. The van der Waals surface area contributed by atoms with Gasteiger partial charge in [-0.3, -0.25) is 10.00 Å². The molecule has 4 N–H and O–H groups in total. The summed E-state index contributed by atoms with van der Waals surface area (Å²) in [4.78, 5) is 14.4. The van der Waals surface area contributed by atoms with Crippen molar-refractivity contribution < 1.29 is 4.74 Å². The minimum absolute atomic E-state index is 0.254. The summed E-state index contributed by atoms with van der Waals surface area (Å²) in [5.41, 5.74) is 8.12. The fraction of sp³-hybridized carbons (Fsp3) is 0.364. The van der Waals surface area contributed by atoms with Gasteiger partial charge in [0.05, 0.1) is 30.8 Å². The number of anilines is 2. The predicted octanol–water partition coefficient (Wildman–Crippen LogP) is 3.47. The normalized spacial score (nSPS) is 14.5. The Bertz CT molecular complexity index is 1270. The van der Waals surface area contributed by atoms with E-state index in [9.17, 15) is 5.26 Å². The number of nitriles is 1. The molecule has 33 heavy (non-hydrogen) atoms. The largest absolute Gasteiger partial charge is 0.381 e. The lowest BCUT2D eigenvalue weighted by Gasteiger charge is -2.25. The molecule has 0 aromatic carbocycles. The summed E-state index contributed by atoms with van der Waals surface area (Å²) < 4.78 is 5.47.